The number of hydrogen-bond acceptors (Lipinski definition) is 3. The number of benzene rings is 1. The SMILES string of the molecule is CSC(C)CNCc1cc2ccccc2o1. The van der Waals surface area contributed by atoms with Crippen molar-refractivity contribution in [2.24, 2.45) is 0 Å². The summed E-state index contributed by atoms with van der Waals surface area (Å²) in [4.78, 5) is 0. The van der Waals surface area contributed by atoms with Gasteiger partial charge in [0.2, 0.25) is 0 Å². The van der Waals surface area contributed by atoms with Crippen molar-refractivity contribution in [2.45, 2.75) is 18.7 Å². The van der Waals surface area contributed by atoms with Gasteiger partial charge in [-0.3, -0.25) is 0 Å². The van der Waals surface area contributed by atoms with E-state index >= 15 is 0 Å². The fourth-order valence-electron chi connectivity index (χ4n) is 1.61. The van der Waals surface area contributed by atoms with Crippen LogP contribution in [-0.2, 0) is 6.54 Å². The number of nitrogens with one attached hydrogen (secondary N) is 1. The van der Waals surface area contributed by atoms with E-state index in [1.54, 1.807) is 0 Å². The number of thioether (sulfide) groups is 1. The normalized spacial score (nSPS) is 13.1. The van der Waals surface area contributed by atoms with Gasteiger partial charge in [0.15, 0.2) is 0 Å². The Balaban J connectivity index is 1.94. The molecule has 0 fully saturated rings. The van der Waals surface area contributed by atoms with E-state index in [9.17, 15) is 0 Å². The number of fused-ring (bicyclic) bond motifs is 1. The molecule has 2 rings (SSSR count). The predicted octanol–water partition coefficient (Wildman–Crippen LogP) is 3.27. The Morgan fingerprint density at radius 1 is 1.38 bits per heavy atom. The molecule has 0 radical (unpaired) electrons. The summed E-state index contributed by atoms with van der Waals surface area (Å²) in [5, 5.41) is 5.22. The summed E-state index contributed by atoms with van der Waals surface area (Å²) in [6.07, 6.45) is 2.13. The molecule has 0 amide bonds. The molecule has 2 nitrogen and oxygen atoms in total. The lowest BCUT2D eigenvalue weighted by atomic mass is 10.2. The van der Waals surface area contributed by atoms with Crippen LogP contribution < -0.4 is 5.32 Å². The average molecular weight is 235 g/mol. The minimum absolute atomic E-state index is 0.643. The van der Waals surface area contributed by atoms with Gasteiger partial charge < -0.3 is 9.73 Å². The predicted molar refractivity (Wildman–Crippen MR) is 70.9 cm³/mol. The summed E-state index contributed by atoms with van der Waals surface area (Å²) in [6.45, 7) is 4.04. The van der Waals surface area contributed by atoms with Crippen LogP contribution >= 0.6 is 11.8 Å². The van der Waals surface area contributed by atoms with E-state index in [0.29, 0.717) is 5.25 Å². The molecule has 1 aromatic heterocycles. The summed E-state index contributed by atoms with van der Waals surface area (Å²) in [7, 11) is 0. The quantitative estimate of drug-likeness (QED) is 0.861. The first-order valence-corrected chi connectivity index (χ1v) is 6.79. The number of para-hydroxylation sites is 1. The van der Waals surface area contributed by atoms with Gasteiger partial charge in [0, 0.05) is 17.2 Å². The van der Waals surface area contributed by atoms with Gasteiger partial charge in [0.25, 0.3) is 0 Å². The highest BCUT2D eigenvalue weighted by atomic mass is 32.2. The van der Waals surface area contributed by atoms with Crippen molar-refractivity contribution < 1.29 is 4.42 Å². The highest BCUT2D eigenvalue weighted by Gasteiger charge is 2.03. The number of furan rings is 1. The minimum Gasteiger partial charge on any atom is -0.460 e. The van der Waals surface area contributed by atoms with Gasteiger partial charge in [0.05, 0.1) is 6.54 Å². The maximum Gasteiger partial charge on any atom is 0.134 e. The van der Waals surface area contributed by atoms with Gasteiger partial charge in [-0.1, -0.05) is 25.1 Å². The second-order valence-corrected chi connectivity index (χ2v) is 5.20. The standard InChI is InChI=1S/C13H17NOS/c1-10(16-2)8-14-9-12-7-11-5-3-4-6-13(11)15-12/h3-7,10,14H,8-9H2,1-2H3. The first kappa shape index (κ1) is 11.6. The van der Waals surface area contributed by atoms with Crippen molar-refractivity contribution in [1.82, 2.24) is 5.32 Å². The molecule has 3 heteroatoms. The van der Waals surface area contributed by atoms with E-state index < -0.39 is 0 Å². The molecule has 16 heavy (non-hydrogen) atoms. The first-order chi connectivity index (χ1) is 7.79. The van der Waals surface area contributed by atoms with Gasteiger partial charge >= 0.3 is 0 Å². The second kappa shape index (κ2) is 5.41. The molecule has 2 aromatic rings. The van der Waals surface area contributed by atoms with Gasteiger partial charge in [-0.2, -0.15) is 11.8 Å². The van der Waals surface area contributed by atoms with E-state index in [1.807, 2.05) is 30.0 Å². The lowest BCUT2D eigenvalue weighted by Gasteiger charge is -2.07. The summed E-state index contributed by atoms with van der Waals surface area (Å²) in [5.74, 6) is 1.01. The smallest absolute Gasteiger partial charge is 0.134 e. The molecular weight excluding hydrogens is 218 g/mol. The van der Waals surface area contributed by atoms with Gasteiger partial charge in [0.1, 0.15) is 11.3 Å². The van der Waals surface area contributed by atoms with Crippen LogP contribution in [0.5, 0.6) is 0 Å². The molecule has 0 aliphatic rings. The van der Waals surface area contributed by atoms with Crippen LogP contribution in [0.3, 0.4) is 0 Å². The molecule has 1 heterocycles. The first-order valence-electron chi connectivity index (χ1n) is 5.50. The average Bonchev–Trinajstić information content (AvgIpc) is 2.71. The van der Waals surface area contributed by atoms with Crippen LogP contribution in [0.15, 0.2) is 34.7 Å². The van der Waals surface area contributed by atoms with Crippen molar-refractivity contribution in [1.29, 1.82) is 0 Å². The molecule has 1 atom stereocenters. The van der Waals surface area contributed by atoms with Crippen LogP contribution in [0.4, 0.5) is 0 Å². The maximum absolute atomic E-state index is 5.71. The Hall–Kier alpha value is -0.930. The third kappa shape index (κ3) is 2.80. The molecule has 0 spiro atoms. The Kier molecular flexibility index (Phi) is 3.91. The van der Waals surface area contributed by atoms with E-state index in [2.05, 4.69) is 30.6 Å². The zero-order valence-corrected chi connectivity index (χ0v) is 10.5. The Labute approximate surface area is 100 Å². The minimum atomic E-state index is 0.643. The topological polar surface area (TPSA) is 25.2 Å². The molecule has 1 N–H and O–H groups in total. The number of rotatable bonds is 5. The van der Waals surface area contributed by atoms with Crippen LogP contribution in [0.1, 0.15) is 12.7 Å². The summed E-state index contributed by atoms with van der Waals surface area (Å²) >= 11 is 1.87. The highest BCUT2D eigenvalue weighted by Crippen LogP contribution is 2.18. The molecule has 1 aromatic carbocycles. The fraction of sp³-hybridized carbons (Fsp3) is 0.385. The molecule has 1 unspecified atom stereocenters. The summed E-state index contributed by atoms with van der Waals surface area (Å²) in [5.41, 5.74) is 0.970. The molecule has 0 saturated heterocycles. The van der Waals surface area contributed by atoms with Gasteiger partial charge in [-0.05, 0) is 18.4 Å². The largest absolute Gasteiger partial charge is 0.460 e. The Morgan fingerprint density at radius 3 is 2.94 bits per heavy atom. The summed E-state index contributed by atoms with van der Waals surface area (Å²) in [6, 6.07) is 10.2. The van der Waals surface area contributed by atoms with Crippen LogP contribution in [-0.4, -0.2) is 18.1 Å². The molecule has 0 aliphatic heterocycles. The molecular formula is C13H17NOS. The van der Waals surface area contributed by atoms with Crippen LogP contribution in [0.25, 0.3) is 11.0 Å². The van der Waals surface area contributed by atoms with Crippen molar-refractivity contribution in [3.05, 3.63) is 36.1 Å². The zero-order valence-electron chi connectivity index (χ0n) is 9.69. The highest BCUT2D eigenvalue weighted by molar-refractivity contribution is 7.99. The monoisotopic (exact) mass is 235 g/mol. The van der Waals surface area contributed by atoms with Crippen LogP contribution in [0, 0.1) is 0 Å². The van der Waals surface area contributed by atoms with E-state index in [0.717, 1.165) is 24.4 Å². The fourth-order valence-corrected chi connectivity index (χ4v) is 1.89. The van der Waals surface area contributed by atoms with Crippen molar-refractivity contribution in [3.63, 3.8) is 0 Å². The summed E-state index contributed by atoms with van der Waals surface area (Å²) < 4.78 is 5.71. The van der Waals surface area contributed by atoms with E-state index in [-0.39, 0.29) is 0 Å². The lowest BCUT2D eigenvalue weighted by molar-refractivity contribution is 0.515. The lowest BCUT2D eigenvalue weighted by Crippen LogP contribution is -2.21. The second-order valence-electron chi connectivity index (χ2n) is 3.93. The van der Waals surface area contributed by atoms with Crippen molar-refractivity contribution in [2.75, 3.05) is 12.8 Å². The van der Waals surface area contributed by atoms with Crippen LogP contribution in [0.2, 0.25) is 0 Å². The van der Waals surface area contributed by atoms with Gasteiger partial charge in [-0.15, -0.1) is 0 Å². The van der Waals surface area contributed by atoms with E-state index in [1.165, 1.54) is 5.39 Å². The van der Waals surface area contributed by atoms with E-state index in [4.69, 9.17) is 4.42 Å². The molecule has 0 bridgehead atoms. The third-order valence-corrected chi connectivity index (χ3v) is 3.58. The van der Waals surface area contributed by atoms with Crippen molar-refractivity contribution in [3.8, 4) is 0 Å². The molecule has 86 valence electrons. The molecule has 0 saturated carbocycles. The van der Waals surface area contributed by atoms with Crippen molar-refractivity contribution >= 4 is 22.7 Å². The third-order valence-electron chi connectivity index (χ3n) is 2.61. The maximum atomic E-state index is 5.71. The number of hydrogen-bond donors (Lipinski definition) is 1. The Bertz CT molecular complexity index is 419. The zero-order chi connectivity index (χ0) is 11.4. The Morgan fingerprint density at radius 2 is 2.19 bits per heavy atom. The van der Waals surface area contributed by atoms with Gasteiger partial charge in [-0.25, -0.2) is 0 Å². The molecule has 0 aliphatic carbocycles.